The van der Waals surface area contributed by atoms with Gasteiger partial charge in [-0.1, -0.05) is 36.4 Å². The Morgan fingerprint density at radius 3 is 2.20 bits per heavy atom. The smallest absolute Gasteiger partial charge is 0.410 e. The van der Waals surface area contributed by atoms with Crippen LogP contribution in [0, 0.1) is 13.8 Å². The number of ether oxygens (including phenoxy) is 1. The van der Waals surface area contributed by atoms with Crippen molar-refractivity contribution in [1.29, 1.82) is 0 Å². The van der Waals surface area contributed by atoms with Gasteiger partial charge in [0.15, 0.2) is 0 Å². The van der Waals surface area contributed by atoms with E-state index in [4.69, 9.17) is 16.3 Å². The SMILES string of the molecule is Cc1cccc(C)c1N(CCl)C(=O)Oc1ccccc1. The van der Waals surface area contributed by atoms with E-state index in [1.165, 1.54) is 4.90 Å². The van der Waals surface area contributed by atoms with Gasteiger partial charge >= 0.3 is 6.09 Å². The van der Waals surface area contributed by atoms with Crippen molar-refractivity contribution in [3.05, 3.63) is 59.7 Å². The standard InChI is InChI=1S/C16H16ClNO2/c1-12-7-6-8-13(2)15(12)18(11-17)16(19)20-14-9-4-3-5-10-14/h3-10H,11H2,1-2H3. The van der Waals surface area contributed by atoms with Crippen LogP contribution < -0.4 is 9.64 Å². The predicted molar refractivity (Wildman–Crippen MR) is 81.6 cm³/mol. The van der Waals surface area contributed by atoms with Crippen LogP contribution >= 0.6 is 11.6 Å². The Morgan fingerprint density at radius 2 is 1.65 bits per heavy atom. The lowest BCUT2D eigenvalue weighted by Gasteiger charge is -2.23. The molecule has 0 atom stereocenters. The molecule has 20 heavy (non-hydrogen) atoms. The van der Waals surface area contributed by atoms with Gasteiger partial charge in [-0.2, -0.15) is 0 Å². The number of rotatable bonds is 3. The molecular formula is C16H16ClNO2. The molecule has 0 radical (unpaired) electrons. The summed E-state index contributed by atoms with van der Waals surface area (Å²) in [6.45, 7) is 3.88. The number of aryl methyl sites for hydroxylation is 2. The molecule has 0 aliphatic rings. The molecule has 0 saturated heterocycles. The fourth-order valence-electron chi connectivity index (χ4n) is 2.08. The highest BCUT2D eigenvalue weighted by Gasteiger charge is 2.20. The zero-order chi connectivity index (χ0) is 14.5. The van der Waals surface area contributed by atoms with E-state index in [1.54, 1.807) is 12.1 Å². The number of hydrogen-bond acceptors (Lipinski definition) is 2. The summed E-state index contributed by atoms with van der Waals surface area (Å²) in [5.41, 5.74) is 2.76. The van der Waals surface area contributed by atoms with Crippen molar-refractivity contribution >= 4 is 23.4 Å². The highest BCUT2D eigenvalue weighted by Crippen LogP contribution is 2.26. The summed E-state index contributed by atoms with van der Waals surface area (Å²) in [7, 11) is 0. The number of carbonyl (C=O) groups excluding carboxylic acids is 1. The quantitative estimate of drug-likeness (QED) is 0.615. The van der Waals surface area contributed by atoms with Gasteiger partial charge < -0.3 is 4.74 Å². The molecule has 0 heterocycles. The van der Waals surface area contributed by atoms with E-state index < -0.39 is 6.09 Å². The fourth-order valence-corrected chi connectivity index (χ4v) is 2.29. The summed E-state index contributed by atoms with van der Waals surface area (Å²) >= 11 is 5.93. The molecule has 3 nitrogen and oxygen atoms in total. The number of anilines is 1. The topological polar surface area (TPSA) is 29.5 Å². The van der Waals surface area contributed by atoms with Gasteiger partial charge in [-0.15, -0.1) is 11.6 Å². The fraction of sp³-hybridized carbons (Fsp3) is 0.188. The summed E-state index contributed by atoms with van der Waals surface area (Å²) in [6, 6.07) is 14.8. The number of para-hydroxylation sites is 2. The van der Waals surface area contributed by atoms with Crippen molar-refractivity contribution < 1.29 is 9.53 Å². The van der Waals surface area contributed by atoms with Gasteiger partial charge in [0.05, 0.1) is 5.69 Å². The Hall–Kier alpha value is -2.00. The van der Waals surface area contributed by atoms with E-state index in [0.29, 0.717) is 5.75 Å². The summed E-state index contributed by atoms with van der Waals surface area (Å²) in [4.78, 5) is 13.7. The second-order valence-electron chi connectivity index (χ2n) is 4.47. The van der Waals surface area contributed by atoms with Gasteiger partial charge in [0.2, 0.25) is 0 Å². The first-order valence-electron chi connectivity index (χ1n) is 6.30. The molecule has 0 unspecified atom stereocenters. The first-order chi connectivity index (χ1) is 9.63. The number of benzene rings is 2. The molecule has 2 rings (SSSR count). The van der Waals surface area contributed by atoms with E-state index in [2.05, 4.69) is 0 Å². The summed E-state index contributed by atoms with van der Waals surface area (Å²) < 4.78 is 5.33. The maximum atomic E-state index is 12.3. The largest absolute Gasteiger partial charge is 0.420 e. The number of halogens is 1. The van der Waals surface area contributed by atoms with Gasteiger partial charge in [-0.3, -0.25) is 4.90 Å². The Kier molecular flexibility index (Phi) is 4.64. The molecule has 2 aromatic carbocycles. The molecule has 0 N–H and O–H groups in total. The molecule has 0 saturated carbocycles. The Morgan fingerprint density at radius 1 is 1.05 bits per heavy atom. The Bertz CT molecular complexity index is 578. The maximum Gasteiger partial charge on any atom is 0.420 e. The number of amides is 1. The lowest BCUT2D eigenvalue weighted by molar-refractivity contribution is 0.208. The third-order valence-electron chi connectivity index (χ3n) is 3.00. The van der Waals surface area contributed by atoms with Crippen molar-refractivity contribution in [2.45, 2.75) is 13.8 Å². The van der Waals surface area contributed by atoms with Gasteiger partial charge in [-0.25, -0.2) is 4.79 Å². The molecule has 0 aliphatic heterocycles. The summed E-state index contributed by atoms with van der Waals surface area (Å²) in [6.07, 6.45) is -0.483. The van der Waals surface area contributed by atoms with Crippen LogP contribution in [0.15, 0.2) is 48.5 Å². The first kappa shape index (κ1) is 14.4. The third kappa shape index (κ3) is 3.11. The lowest BCUT2D eigenvalue weighted by Crippen LogP contribution is -2.33. The highest BCUT2D eigenvalue weighted by atomic mass is 35.5. The zero-order valence-electron chi connectivity index (χ0n) is 11.5. The Balaban J connectivity index is 2.26. The maximum absolute atomic E-state index is 12.3. The highest BCUT2D eigenvalue weighted by molar-refractivity contribution is 6.21. The molecular weight excluding hydrogens is 274 g/mol. The minimum Gasteiger partial charge on any atom is -0.410 e. The van der Waals surface area contributed by atoms with Gasteiger partial charge in [0, 0.05) is 0 Å². The lowest BCUT2D eigenvalue weighted by atomic mass is 10.1. The average Bonchev–Trinajstić information content (AvgIpc) is 2.44. The normalized spacial score (nSPS) is 10.2. The van der Waals surface area contributed by atoms with Crippen LogP contribution in [0.4, 0.5) is 10.5 Å². The number of hydrogen-bond donors (Lipinski definition) is 0. The van der Waals surface area contributed by atoms with Crippen molar-refractivity contribution in [2.24, 2.45) is 0 Å². The predicted octanol–water partition coefficient (Wildman–Crippen LogP) is 4.51. The van der Waals surface area contributed by atoms with E-state index in [1.807, 2.05) is 50.2 Å². The monoisotopic (exact) mass is 289 g/mol. The van der Waals surface area contributed by atoms with Crippen molar-refractivity contribution in [3.8, 4) is 5.75 Å². The van der Waals surface area contributed by atoms with Crippen LogP contribution in [0.3, 0.4) is 0 Å². The average molecular weight is 290 g/mol. The van der Waals surface area contributed by atoms with Crippen molar-refractivity contribution in [1.82, 2.24) is 0 Å². The zero-order valence-corrected chi connectivity index (χ0v) is 12.2. The van der Waals surface area contributed by atoms with Gasteiger partial charge in [0.1, 0.15) is 11.8 Å². The Labute approximate surface area is 123 Å². The molecule has 4 heteroatoms. The van der Waals surface area contributed by atoms with E-state index >= 15 is 0 Å². The van der Waals surface area contributed by atoms with Crippen molar-refractivity contribution in [3.63, 3.8) is 0 Å². The van der Waals surface area contributed by atoms with Crippen LogP contribution in [0.5, 0.6) is 5.75 Å². The summed E-state index contributed by atoms with van der Waals surface area (Å²) in [5.74, 6) is 0.499. The summed E-state index contributed by atoms with van der Waals surface area (Å²) in [5, 5.41) is 0. The first-order valence-corrected chi connectivity index (χ1v) is 6.83. The number of carbonyl (C=O) groups is 1. The van der Waals surface area contributed by atoms with Crippen LogP contribution in [0.1, 0.15) is 11.1 Å². The van der Waals surface area contributed by atoms with E-state index in [9.17, 15) is 4.79 Å². The molecule has 0 bridgehead atoms. The van der Waals surface area contributed by atoms with Crippen LogP contribution in [0.25, 0.3) is 0 Å². The van der Waals surface area contributed by atoms with Crippen LogP contribution in [-0.4, -0.2) is 12.1 Å². The van der Waals surface area contributed by atoms with Crippen LogP contribution in [-0.2, 0) is 0 Å². The van der Waals surface area contributed by atoms with Crippen LogP contribution in [0.2, 0.25) is 0 Å². The molecule has 0 fully saturated rings. The molecule has 0 aromatic heterocycles. The molecule has 104 valence electrons. The molecule has 2 aromatic rings. The second kappa shape index (κ2) is 6.44. The number of nitrogens with zero attached hydrogens (tertiary/aromatic N) is 1. The molecule has 1 amide bonds. The number of alkyl halides is 1. The van der Waals surface area contributed by atoms with Crippen molar-refractivity contribution in [2.75, 3.05) is 10.9 Å². The molecule has 0 spiro atoms. The minimum absolute atomic E-state index is 0.0390. The van der Waals surface area contributed by atoms with E-state index in [-0.39, 0.29) is 6.00 Å². The van der Waals surface area contributed by atoms with Gasteiger partial charge in [-0.05, 0) is 37.1 Å². The van der Waals surface area contributed by atoms with E-state index in [0.717, 1.165) is 16.8 Å². The molecule has 0 aliphatic carbocycles. The second-order valence-corrected chi connectivity index (χ2v) is 4.71. The van der Waals surface area contributed by atoms with Gasteiger partial charge in [0.25, 0.3) is 0 Å². The third-order valence-corrected chi connectivity index (χ3v) is 3.24. The minimum atomic E-state index is -0.483.